The second-order valence-corrected chi connectivity index (χ2v) is 4.60. The highest BCUT2D eigenvalue weighted by Crippen LogP contribution is 2.14. The lowest BCUT2D eigenvalue weighted by atomic mass is 10.2. The number of nitro benzene ring substituents is 1. The van der Waals surface area contributed by atoms with Crippen LogP contribution in [0.3, 0.4) is 0 Å². The molecular weight excluding hydrogens is 276 g/mol. The van der Waals surface area contributed by atoms with Gasteiger partial charge in [-0.3, -0.25) is 14.9 Å². The molecule has 1 aromatic heterocycles. The van der Waals surface area contributed by atoms with Crippen molar-refractivity contribution in [2.75, 3.05) is 0 Å². The van der Waals surface area contributed by atoms with Gasteiger partial charge in [-0.25, -0.2) is 4.68 Å². The summed E-state index contributed by atoms with van der Waals surface area (Å²) in [6, 6.07) is 6.20. The molecule has 0 aliphatic rings. The molecular formula is C13H14N4O4. The molecule has 0 spiro atoms. The Bertz CT molecular complexity index is 663. The topological polar surface area (TPSA) is 111 Å². The van der Waals surface area contributed by atoms with Crippen LogP contribution in [0.15, 0.2) is 24.3 Å². The number of non-ortho nitro benzene ring substituents is 1. The summed E-state index contributed by atoms with van der Waals surface area (Å²) in [6.45, 7) is 2.26. The second-order valence-electron chi connectivity index (χ2n) is 4.60. The van der Waals surface area contributed by atoms with Crippen molar-refractivity contribution < 1.29 is 14.8 Å². The first-order valence-corrected chi connectivity index (χ1v) is 6.31. The zero-order valence-corrected chi connectivity index (χ0v) is 11.4. The standard InChI is InChI=1S/C13H14N4O4/c1-9-12(6-7-13(18)19)14-15-16(9)8-10-2-4-11(5-3-10)17(20)21/h2-5H,6-8H2,1H3,(H,18,19). The van der Waals surface area contributed by atoms with Crippen LogP contribution in [0.25, 0.3) is 0 Å². The van der Waals surface area contributed by atoms with Crippen molar-refractivity contribution in [2.24, 2.45) is 0 Å². The van der Waals surface area contributed by atoms with Gasteiger partial charge in [-0.1, -0.05) is 17.3 Å². The smallest absolute Gasteiger partial charge is 0.303 e. The van der Waals surface area contributed by atoms with Crippen LogP contribution in [0.2, 0.25) is 0 Å². The van der Waals surface area contributed by atoms with Gasteiger partial charge in [-0.2, -0.15) is 0 Å². The first-order chi connectivity index (χ1) is 9.97. The Morgan fingerprint density at radius 1 is 1.38 bits per heavy atom. The van der Waals surface area contributed by atoms with E-state index >= 15 is 0 Å². The highest BCUT2D eigenvalue weighted by Gasteiger charge is 2.11. The summed E-state index contributed by atoms with van der Waals surface area (Å²) < 4.78 is 1.65. The van der Waals surface area contributed by atoms with Crippen LogP contribution in [-0.4, -0.2) is 31.0 Å². The third-order valence-electron chi connectivity index (χ3n) is 3.13. The van der Waals surface area contributed by atoms with Crippen LogP contribution >= 0.6 is 0 Å². The van der Waals surface area contributed by atoms with E-state index in [0.717, 1.165) is 11.3 Å². The Balaban J connectivity index is 2.09. The van der Waals surface area contributed by atoms with Crippen molar-refractivity contribution in [3.8, 4) is 0 Å². The van der Waals surface area contributed by atoms with Gasteiger partial charge < -0.3 is 5.11 Å². The fraction of sp³-hybridized carbons (Fsp3) is 0.308. The van der Waals surface area contributed by atoms with E-state index in [1.807, 2.05) is 6.92 Å². The molecule has 0 bridgehead atoms. The molecule has 0 unspecified atom stereocenters. The quantitative estimate of drug-likeness (QED) is 0.638. The van der Waals surface area contributed by atoms with E-state index in [0.29, 0.717) is 18.7 Å². The van der Waals surface area contributed by atoms with Crippen molar-refractivity contribution in [3.05, 3.63) is 51.3 Å². The summed E-state index contributed by atoms with van der Waals surface area (Å²) in [5.74, 6) is -0.876. The molecule has 0 fully saturated rings. The number of aromatic nitrogens is 3. The summed E-state index contributed by atoms with van der Waals surface area (Å²) in [4.78, 5) is 20.7. The summed E-state index contributed by atoms with van der Waals surface area (Å²) in [7, 11) is 0. The maximum absolute atomic E-state index is 10.6. The van der Waals surface area contributed by atoms with Gasteiger partial charge in [0, 0.05) is 18.6 Å². The van der Waals surface area contributed by atoms with Gasteiger partial charge in [0.15, 0.2) is 0 Å². The minimum absolute atomic E-state index is 0.0110. The van der Waals surface area contributed by atoms with Crippen LogP contribution in [0.1, 0.15) is 23.4 Å². The number of benzene rings is 1. The molecule has 1 aromatic carbocycles. The van der Waals surface area contributed by atoms with E-state index in [-0.39, 0.29) is 12.1 Å². The molecule has 2 aromatic rings. The van der Waals surface area contributed by atoms with E-state index < -0.39 is 10.9 Å². The molecule has 0 aliphatic carbocycles. The first kappa shape index (κ1) is 14.6. The van der Waals surface area contributed by atoms with E-state index in [9.17, 15) is 14.9 Å². The van der Waals surface area contributed by atoms with Crippen LogP contribution in [0.5, 0.6) is 0 Å². The summed E-state index contributed by atoms with van der Waals surface area (Å²) in [6.07, 6.45) is 0.346. The molecule has 0 saturated heterocycles. The van der Waals surface area contributed by atoms with Crippen LogP contribution in [0, 0.1) is 17.0 Å². The Labute approximate surface area is 120 Å². The van der Waals surface area contributed by atoms with E-state index in [1.54, 1.807) is 16.8 Å². The minimum Gasteiger partial charge on any atom is -0.481 e. The fourth-order valence-corrected chi connectivity index (χ4v) is 1.90. The average Bonchev–Trinajstić information content (AvgIpc) is 2.78. The number of aliphatic carboxylic acids is 1. The Hall–Kier alpha value is -2.77. The number of aryl methyl sites for hydroxylation is 1. The molecule has 0 saturated carbocycles. The van der Waals surface area contributed by atoms with Crippen molar-refractivity contribution in [1.29, 1.82) is 0 Å². The lowest BCUT2D eigenvalue weighted by molar-refractivity contribution is -0.384. The number of carboxylic acid groups (broad SMARTS) is 1. The maximum Gasteiger partial charge on any atom is 0.303 e. The van der Waals surface area contributed by atoms with Gasteiger partial charge in [0.1, 0.15) is 0 Å². The molecule has 110 valence electrons. The third-order valence-corrected chi connectivity index (χ3v) is 3.13. The largest absolute Gasteiger partial charge is 0.481 e. The molecule has 0 aliphatic heterocycles. The number of hydrogen-bond donors (Lipinski definition) is 1. The molecule has 8 nitrogen and oxygen atoms in total. The van der Waals surface area contributed by atoms with E-state index in [4.69, 9.17) is 5.11 Å². The molecule has 0 radical (unpaired) electrons. The van der Waals surface area contributed by atoms with Crippen LogP contribution < -0.4 is 0 Å². The number of rotatable bonds is 6. The van der Waals surface area contributed by atoms with Gasteiger partial charge in [0.2, 0.25) is 0 Å². The van der Waals surface area contributed by atoms with Gasteiger partial charge in [0.25, 0.3) is 5.69 Å². The minimum atomic E-state index is -0.876. The Morgan fingerprint density at radius 2 is 2.05 bits per heavy atom. The average molecular weight is 290 g/mol. The molecule has 1 heterocycles. The van der Waals surface area contributed by atoms with Crippen molar-refractivity contribution in [1.82, 2.24) is 15.0 Å². The maximum atomic E-state index is 10.6. The fourth-order valence-electron chi connectivity index (χ4n) is 1.90. The Kier molecular flexibility index (Phi) is 4.27. The van der Waals surface area contributed by atoms with Crippen LogP contribution in [-0.2, 0) is 17.8 Å². The van der Waals surface area contributed by atoms with Crippen molar-refractivity contribution in [3.63, 3.8) is 0 Å². The summed E-state index contributed by atoms with van der Waals surface area (Å²) >= 11 is 0. The predicted octanol–water partition coefficient (Wildman–Crippen LogP) is 1.56. The van der Waals surface area contributed by atoms with E-state index in [1.165, 1.54) is 12.1 Å². The summed E-state index contributed by atoms with van der Waals surface area (Å²) in [5.41, 5.74) is 2.35. The predicted molar refractivity (Wildman–Crippen MR) is 72.9 cm³/mol. The third kappa shape index (κ3) is 3.62. The second kappa shape index (κ2) is 6.12. The first-order valence-electron chi connectivity index (χ1n) is 6.31. The molecule has 8 heteroatoms. The number of carbonyl (C=O) groups is 1. The molecule has 0 amide bonds. The highest BCUT2D eigenvalue weighted by molar-refractivity contribution is 5.67. The normalized spacial score (nSPS) is 10.5. The molecule has 21 heavy (non-hydrogen) atoms. The van der Waals surface area contributed by atoms with E-state index in [2.05, 4.69) is 10.3 Å². The van der Waals surface area contributed by atoms with Gasteiger partial charge in [-0.15, -0.1) is 5.10 Å². The van der Waals surface area contributed by atoms with Gasteiger partial charge in [0.05, 0.1) is 29.3 Å². The number of nitrogens with zero attached hydrogens (tertiary/aromatic N) is 4. The molecule has 1 N–H and O–H groups in total. The number of nitro groups is 1. The van der Waals surface area contributed by atoms with Gasteiger partial charge in [-0.05, 0) is 12.5 Å². The highest BCUT2D eigenvalue weighted by atomic mass is 16.6. The zero-order chi connectivity index (χ0) is 15.4. The zero-order valence-electron chi connectivity index (χ0n) is 11.4. The van der Waals surface area contributed by atoms with Crippen molar-refractivity contribution in [2.45, 2.75) is 26.3 Å². The molecule has 0 atom stereocenters. The number of hydrogen-bond acceptors (Lipinski definition) is 5. The summed E-state index contributed by atoms with van der Waals surface area (Å²) in [5, 5.41) is 27.2. The SMILES string of the molecule is Cc1c(CCC(=O)O)nnn1Cc1ccc([N+](=O)[O-])cc1. The van der Waals surface area contributed by atoms with Gasteiger partial charge >= 0.3 is 5.97 Å². The monoisotopic (exact) mass is 290 g/mol. The lowest BCUT2D eigenvalue weighted by Crippen LogP contribution is -2.05. The van der Waals surface area contributed by atoms with Crippen LogP contribution in [0.4, 0.5) is 5.69 Å². The molecule has 2 rings (SSSR count). The number of carboxylic acids is 1. The lowest BCUT2D eigenvalue weighted by Gasteiger charge is -2.04. The van der Waals surface area contributed by atoms with Crippen molar-refractivity contribution >= 4 is 11.7 Å². The Morgan fingerprint density at radius 3 is 2.62 bits per heavy atom.